The van der Waals surface area contributed by atoms with Gasteiger partial charge in [0.05, 0.1) is 5.25 Å². The predicted molar refractivity (Wildman–Crippen MR) is 114 cm³/mol. The maximum absolute atomic E-state index is 12.6. The Labute approximate surface area is 170 Å². The standard InChI is InChI=1S/C22H26N4OS/c1-4-17(18-11-7-5-8-12-18)15-23-21(27)16(2)28-22-25-24-20(26(22)3)19-13-9-6-10-14-19/h5-14,16-17H,4,15H2,1-3H3,(H,23,27)/t16-,17-/m0/s1. The molecule has 0 aliphatic rings. The molecule has 1 heterocycles. The van der Waals surface area contributed by atoms with Crippen LogP contribution in [0.5, 0.6) is 0 Å². The lowest BCUT2D eigenvalue weighted by molar-refractivity contribution is -0.120. The number of benzene rings is 2. The van der Waals surface area contributed by atoms with Gasteiger partial charge in [-0.1, -0.05) is 79.3 Å². The minimum Gasteiger partial charge on any atom is -0.355 e. The van der Waals surface area contributed by atoms with E-state index in [4.69, 9.17) is 0 Å². The molecule has 146 valence electrons. The lowest BCUT2D eigenvalue weighted by Crippen LogP contribution is -2.34. The van der Waals surface area contributed by atoms with Crippen molar-refractivity contribution in [3.05, 3.63) is 66.2 Å². The molecule has 0 radical (unpaired) electrons. The Kier molecular flexibility index (Phi) is 6.87. The summed E-state index contributed by atoms with van der Waals surface area (Å²) in [5, 5.41) is 12.1. The fourth-order valence-electron chi connectivity index (χ4n) is 3.06. The molecular formula is C22H26N4OS. The third-order valence-corrected chi connectivity index (χ3v) is 5.94. The topological polar surface area (TPSA) is 59.8 Å². The zero-order valence-electron chi connectivity index (χ0n) is 16.5. The number of aromatic nitrogens is 3. The predicted octanol–water partition coefficient (Wildman–Crippen LogP) is 4.27. The molecule has 0 fully saturated rings. The number of carbonyl (C=O) groups is 1. The average Bonchev–Trinajstić information content (AvgIpc) is 3.10. The van der Waals surface area contributed by atoms with E-state index in [2.05, 4.69) is 34.6 Å². The fourth-order valence-corrected chi connectivity index (χ4v) is 3.90. The largest absolute Gasteiger partial charge is 0.355 e. The molecule has 1 aromatic heterocycles. The molecule has 0 aliphatic carbocycles. The molecule has 6 heteroatoms. The summed E-state index contributed by atoms with van der Waals surface area (Å²) in [5.41, 5.74) is 2.27. The SMILES string of the molecule is CC[C@@H](CNC(=O)[C@H](C)Sc1nnc(-c2ccccc2)n1C)c1ccccc1. The summed E-state index contributed by atoms with van der Waals surface area (Å²) in [4.78, 5) is 12.6. The van der Waals surface area contributed by atoms with E-state index >= 15 is 0 Å². The minimum absolute atomic E-state index is 0.0173. The number of hydrogen-bond acceptors (Lipinski definition) is 4. The van der Waals surface area contributed by atoms with Crippen LogP contribution in [-0.2, 0) is 11.8 Å². The highest BCUT2D eigenvalue weighted by Gasteiger charge is 2.20. The molecule has 0 spiro atoms. The van der Waals surface area contributed by atoms with Crippen LogP contribution in [0.3, 0.4) is 0 Å². The molecule has 0 saturated heterocycles. The molecule has 0 saturated carbocycles. The monoisotopic (exact) mass is 394 g/mol. The maximum Gasteiger partial charge on any atom is 0.233 e. The van der Waals surface area contributed by atoms with Crippen molar-refractivity contribution in [2.75, 3.05) is 6.54 Å². The summed E-state index contributed by atoms with van der Waals surface area (Å²) < 4.78 is 1.93. The molecule has 1 amide bonds. The Hall–Kier alpha value is -2.60. The quantitative estimate of drug-likeness (QED) is 0.580. The van der Waals surface area contributed by atoms with Crippen LogP contribution in [0.25, 0.3) is 11.4 Å². The van der Waals surface area contributed by atoms with Gasteiger partial charge in [-0.05, 0) is 18.9 Å². The van der Waals surface area contributed by atoms with E-state index < -0.39 is 0 Å². The fraction of sp³-hybridized carbons (Fsp3) is 0.318. The van der Waals surface area contributed by atoms with E-state index in [1.54, 1.807) is 0 Å². The molecule has 3 aromatic rings. The van der Waals surface area contributed by atoms with Crippen LogP contribution < -0.4 is 5.32 Å². The van der Waals surface area contributed by atoms with Crippen molar-refractivity contribution in [1.82, 2.24) is 20.1 Å². The molecule has 2 atom stereocenters. The summed E-state index contributed by atoms with van der Waals surface area (Å²) in [6, 6.07) is 20.2. The van der Waals surface area contributed by atoms with Crippen molar-refractivity contribution in [2.45, 2.75) is 36.6 Å². The van der Waals surface area contributed by atoms with E-state index in [1.165, 1.54) is 17.3 Å². The number of nitrogens with one attached hydrogen (secondary N) is 1. The number of nitrogens with zero attached hydrogens (tertiary/aromatic N) is 3. The smallest absolute Gasteiger partial charge is 0.233 e. The van der Waals surface area contributed by atoms with Gasteiger partial charge in [0.25, 0.3) is 0 Å². The van der Waals surface area contributed by atoms with Gasteiger partial charge in [-0.2, -0.15) is 0 Å². The minimum atomic E-state index is -0.250. The second kappa shape index (κ2) is 9.55. The van der Waals surface area contributed by atoms with Crippen molar-refractivity contribution >= 4 is 17.7 Å². The highest BCUT2D eigenvalue weighted by molar-refractivity contribution is 8.00. The Balaban J connectivity index is 1.59. The molecule has 0 unspecified atom stereocenters. The van der Waals surface area contributed by atoms with Crippen molar-refractivity contribution in [3.63, 3.8) is 0 Å². The molecular weight excluding hydrogens is 368 g/mol. The van der Waals surface area contributed by atoms with Crippen molar-refractivity contribution in [1.29, 1.82) is 0 Å². The second-order valence-electron chi connectivity index (χ2n) is 6.75. The maximum atomic E-state index is 12.6. The Bertz CT molecular complexity index is 895. The first-order valence-electron chi connectivity index (χ1n) is 9.54. The second-order valence-corrected chi connectivity index (χ2v) is 8.06. The van der Waals surface area contributed by atoms with Gasteiger partial charge in [-0.3, -0.25) is 4.79 Å². The van der Waals surface area contributed by atoms with Gasteiger partial charge in [0.2, 0.25) is 5.91 Å². The van der Waals surface area contributed by atoms with E-state index in [-0.39, 0.29) is 11.2 Å². The first kappa shape index (κ1) is 20.1. The van der Waals surface area contributed by atoms with Gasteiger partial charge in [0, 0.05) is 25.1 Å². The number of carbonyl (C=O) groups excluding carboxylic acids is 1. The van der Waals surface area contributed by atoms with Crippen LogP contribution in [0.2, 0.25) is 0 Å². The number of rotatable bonds is 8. The van der Waals surface area contributed by atoms with Crippen LogP contribution in [0.4, 0.5) is 0 Å². The Morgan fingerprint density at radius 2 is 1.71 bits per heavy atom. The molecule has 28 heavy (non-hydrogen) atoms. The Morgan fingerprint density at radius 3 is 2.36 bits per heavy atom. The normalized spacial score (nSPS) is 13.1. The zero-order valence-corrected chi connectivity index (χ0v) is 17.3. The van der Waals surface area contributed by atoms with Crippen LogP contribution in [0.15, 0.2) is 65.8 Å². The lowest BCUT2D eigenvalue weighted by Gasteiger charge is -2.18. The highest BCUT2D eigenvalue weighted by Crippen LogP contribution is 2.26. The van der Waals surface area contributed by atoms with Crippen molar-refractivity contribution < 1.29 is 4.79 Å². The van der Waals surface area contributed by atoms with E-state index in [0.717, 1.165) is 23.0 Å². The molecule has 2 aromatic carbocycles. The van der Waals surface area contributed by atoms with Crippen LogP contribution in [0.1, 0.15) is 31.7 Å². The van der Waals surface area contributed by atoms with E-state index in [9.17, 15) is 4.79 Å². The molecule has 0 aliphatic heterocycles. The summed E-state index contributed by atoms with van der Waals surface area (Å²) >= 11 is 1.43. The number of amides is 1. The van der Waals surface area contributed by atoms with E-state index in [1.807, 2.05) is 67.1 Å². The molecule has 1 N–H and O–H groups in total. The van der Waals surface area contributed by atoms with Gasteiger partial charge < -0.3 is 9.88 Å². The van der Waals surface area contributed by atoms with Crippen LogP contribution in [0, 0.1) is 0 Å². The van der Waals surface area contributed by atoms with Gasteiger partial charge in [-0.15, -0.1) is 10.2 Å². The molecule has 0 bridgehead atoms. The lowest BCUT2D eigenvalue weighted by atomic mass is 9.96. The van der Waals surface area contributed by atoms with Crippen molar-refractivity contribution in [2.24, 2.45) is 7.05 Å². The average molecular weight is 395 g/mol. The summed E-state index contributed by atoms with van der Waals surface area (Å²) in [7, 11) is 1.93. The molecule has 3 rings (SSSR count). The third-order valence-electron chi connectivity index (χ3n) is 4.80. The summed E-state index contributed by atoms with van der Waals surface area (Å²) in [6.45, 7) is 4.69. The van der Waals surface area contributed by atoms with Gasteiger partial charge in [0.15, 0.2) is 11.0 Å². The number of thioether (sulfide) groups is 1. The van der Waals surface area contributed by atoms with Gasteiger partial charge in [0.1, 0.15) is 0 Å². The van der Waals surface area contributed by atoms with Crippen LogP contribution in [-0.4, -0.2) is 32.5 Å². The van der Waals surface area contributed by atoms with Crippen molar-refractivity contribution in [3.8, 4) is 11.4 Å². The first-order chi connectivity index (χ1) is 13.6. The Morgan fingerprint density at radius 1 is 1.07 bits per heavy atom. The molecule has 5 nitrogen and oxygen atoms in total. The third kappa shape index (κ3) is 4.81. The van der Waals surface area contributed by atoms with Crippen LogP contribution >= 0.6 is 11.8 Å². The zero-order chi connectivity index (χ0) is 19.9. The highest BCUT2D eigenvalue weighted by atomic mass is 32.2. The summed E-state index contributed by atoms with van der Waals surface area (Å²) in [6.07, 6.45) is 0.982. The number of hydrogen-bond donors (Lipinski definition) is 1. The first-order valence-corrected chi connectivity index (χ1v) is 10.4. The summed E-state index contributed by atoms with van der Waals surface area (Å²) in [5.74, 6) is 1.14. The van der Waals surface area contributed by atoms with Gasteiger partial charge in [-0.25, -0.2) is 0 Å². The van der Waals surface area contributed by atoms with E-state index in [0.29, 0.717) is 12.5 Å². The van der Waals surface area contributed by atoms with Gasteiger partial charge >= 0.3 is 0 Å².